The molecule has 0 fully saturated rings. The van der Waals surface area contributed by atoms with E-state index < -0.39 is 35.9 Å². The van der Waals surface area contributed by atoms with Gasteiger partial charge in [-0.1, -0.05) is 0 Å². The van der Waals surface area contributed by atoms with Crippen LogP contribution in [0.1, 0.15) is 9.68 Å². The number of hydrogen-bond acceptors (Lipinski definition) is 2. The monoisotopic (exact) mass is 166 g/mol. The van der Waals surface area contributed by atoms with Crippen LogP contribution in [-0.4, -0.2) is 10.1 Å². The normalized spacial score (nSPS) is 15.4. The Morgan fingerprint density at radius 1 is 1.45 bits per heavy atom. The van der Waals surface area contributed by atoms with Crippen LogP contribution in [0.25, 0.3) is 0 Å². The first-order valence-corrected chi connectivity index (χ1v) is 2.49. The average Bonchev–Trinajstić information content (AvgIpc) is 1.97. The summed E-state index contributed by atoms with van der Waals surface area (Å²) >= 11 is 0. The topological polar surface area (TPSA) is 33.1 Å². The quantitative estimate of drug-likeness (QED) is 0.637. The molecule has 0 amide bonds. The second-order valence-corrected chi connectivity index (χ2v) is 1.68. The van der Waals surface area contributed by atoms with Crippen molar-refractivity contribution in [3.63, 3.8) is 0 Å². The van der Waals surface area contributed by atoms with Crippen molar-refractivity contribution in [3.05, 3.63) is 24.0 Å². The standard InChI is InChI=1S/C6H4F3NO/c7-6(8,9)4-1-5(11)3-10-2-4/h1-3,11H/i1D,2D,3D. The van der Waals surface area contributed by atoms with E-state index in [9.17, 15) is 13.2 Å². The lowest BCUT2D eigenvalue weighted by Crippen LogP contribution is -2.04. The molecule has 0 saturated carbocycles. The predicted molar refractivity (Wildman–Crippen MR) is 30.9 cm³/mol. The molecule has 1 heterocycles. The van der Waals surface area contributed by atoms with Gasteiger partial charge in [0.15, 0.2) is 0 Å². The number of nitrogens with zero attached hydrogens (tertiary/aromatic N) is 1. The molecule has 0 atom stereocenters. The van der Waals surface area contributed by atoms with E-state index in [2.05, 4.69) is 4.98 Å². The van der Waals surface area contributed by atoms with Crippen molar-refractivity contribution in [3.8, 4) is 5.75 Å². The van der Waals surface area contributed by atoms with Crippen molar-refractivity contribution in [1.82, 2.24) is 4.98 Å². The fourth-order valence-corrected chi connectivity index (χ4v) is 0.445. The number of alkyl halides is 3. The molecule has 0 aromatic carbocycles. The zero-order chi connectivity index (χ0) is 11.1. The van der Waals surface area contributed by atoms with Crippen molar-refractivity contribution in [2.24, 2.45) is 0 Å². The van der Waals surface area contributed by atoms with Gasteiger partial charge >= 0.3 is 6.18 Å². The Balaban J connectivity index is 3.53. The maximum atomic E-state index is 12.2. The molecule has 60 valence electrons. The number of halogens is 3. The highest BCUT2D eigenvalue weighted by Gasteiger charge is 2.30. The van der Waals surface area contributed by atoms with Crippen LogP contribution in [0.5, 0.6) is 5.75 Å². The molecule has 1 N–H and O–H groups in total. The molecule has 0 radical (unpaired) electrons. The Morgan fingerprint density at radius 3 is 2.64 bits per heavy atom. The van der Waals surface area contributed by atoms with Gasteiger partial charge in [0, 0.05) is 6.17 Å². The molecular weight excluding hydrogens is 159 g/mol. The zero-order valence-corrected chi connectivity index (χ0v) is 5.03. The summed E-state index contributed by atoms with van der Waals surface area (Å²) in [4.78, 5) is 2.84. The number of aromatic hydroxyl groups is 1. The van der Waals surface area contributed by atoms with Gasteiger partial charge in [-0.25, -0.2) is 0 Å². The average molecular weight is 166 g/mol. The minimum absolute atomic E-state index is 0.909. The highest BCUT2D eigenvalue weighted by atomic mass is 19.4. The van der Waals surface area contributed by atoms with E-state index in [1.165, 1.54) is 0 Å². The third-order valence-electron chi connectivity index (χ3n) is 0.856. The Kier molecular flexibility index (Phi) is 1.00. The molecule has 5 heteroatoms. The van der Waals surface area contributed by atoms with E-state index >= 15 is 0 Å². The number of hydrogen-bond donors (Lipinski definition) is 1. The van der Waals surface area contributed by atoms with E-state index in [1.54, 1.807) is 0 Å². The summed E-state index contributed by atoms with van der Waals surface area (Å²) in [5.41, 5.74) is -1.63. The molecule has 1 aromatic heterocycles. The van der Waals surface area contributed by atoms with Crippen molar-refractivity contribution < 1.29 is 22.4 Å². The summed E-state index contributed by atoms with van der Waals surface area (Å²) < 4.78 is 57.0. The third kappa shape index (κ3) is 1.83. The van der Waals surface area contributed by atoms with Gasteiger partial charge in [0.05, 0.1) is 15.8 Å². The second kappa shape index (κ2) is 2.41. The van der Waals surface area contributed by atoms with E-state index in [4.69, 9.17) is 9.22 Å². The van der Waals surface area contributed by atoms with Crippen LogP contribution >= 0.6 is 0 Å². The van der Waals surface area contributed by atoms with Gasteiger partial charge in [-0.15, -0.1) is 0 Å². The summed E-state index contributed by atoms with van der Waals surface area (Å²) in [6, 6.07) is -1.29. The van der Waals surface area contributed by atoms with Gasteiger partial charge in [-0.3, -0.25) is 4.98 Å². The fraction of sp³-hybridized carbons (Fsp3) is 0.167. The molecule has 0 aliphatic heterocycles. The summed E-state index contributed by atoms with van der Waals surface area (Å²) in [6.07, 6.45) is -7.06. The van der Waals surface area contributed by atoms with E-state index in [1.807, 2.05) is 0 Å². The lowest BCUT2D eigenvalue weighted by atomic mass is 10.3. The van der Waals surface area contributed by atoms with E-state index in [-0.39, 0.29) is 0 Å². The summed E-state index contributed by atoms with van der Waals surface area (Å²) in [6.45, 7) is 0. The lowest BCUT2D eigenvalue weighted by Gasteiger charge is -2.04. The van der Waals surface area contributed by atoms with Gasteiger partial charge in [0.1, 0.15) is 5.75 Å². The molecule has 0 saturated heterocycles. The van der Waals surface area contributed by atoms with Crippen molar-refractivity contribution in [1.29, 1.82) is 0 Å². The second-order valence-electron chi connectivity index (χ2n) is 1.68. The Hall–Kier alpha value is -1.26. The van der Waals surface area contributed by atoms with Crippen molar-refractivity contribution in [2.45, 2.75) is 6.18 Å². The SMILES string of the molecule is [2H]c1nc([2H])c(C(F)(F)F)c([2H])c1O. The van der Waals surface area contributed by atoms with E-state index in [0.717, 1.165) is 0 Å². The highest BCUT2D eigenvalue weighted by Crippen LogP contribution is 2.29. The van der Waals surface area contributed by atoms with Gasteiger partial charge in [0.25, 0.3) is 0 Å². The fourth-order valence-electron chi connectivity index (χ4n) is 0.445. The maximum absolute atomic E-state index is 12.2. The van der Waals surface area contributed by atoms with Gasteiger partial charge < -0.3 is 5.11 Å². The highest BCUT2D eigenvalue weighted by molar-refractivity contribution is 5.23. The van der Waals surface area contributed by atoms with Crippen LogP contribution in [0.15, 0.2) is 18.4 Å². The van der Waals surface area contributed by atoms with Crippen LogP contribution < -0.4 is 0 Å². The number of pyridine rings is 1. The van der Waals surface area contributed by atoms with Crippen LogP contribution in [0.4, 0.5) is 13.2 Å². The maximum Gasteiger partial charge on any atom is 0.418 e. The molecule has 1 rings (SSSR count). The molecule has 0 bridgehead atoms. The van der Waals surface area contributed by atoms with Crippen LogP contribution in [-0.2, 0) is 6.18 Å². The summed E-state index contributed by atoms with van der Waals surface area (Å²) in [5, 5.41) is 8.85. The summed E-state index contributed by atoms with van der Waals surface area (Å²) in [5.74, 6) is -1.17. The molecule has 0 spiro atoms. The van der Waals surface area contributed by atoms with Crippen molar-refractivity contribution in [2.75, 3.05) is 0 Å². The van der Waals surface area contributed by atoms with Crippen LogP contribution in [0.2, 0.25) is 0 Å². The van der Waals surface area contributed by atoms with Crippen molar-refractivity contribution >= 4 is 0 Å². The molecule has 11 heavy (non-hydrogen) atoms. The zero-order valence-electron chi connectivity index (χ0n) is 8.03. The third-order valence-corrected chi connectivity index (χ3v) is 0.856. The largest absolute Gasteiger partial charge is 0.506 e. The first kappa shape index (κ1) is 4.58. The molecule has 0 aliphatic carbocycles. The lowest BCUT2D eigenvalue weighted by molar-refractivity contribution is -0.137. The Labute approximate surface area is 64.5 Å². The smallest absolute Gasteiger partial charge is 0.418 e. The minimum Gasteiger partial charge on any atom is -0.506 e. The predicted octanol–water partition coefficient (Wildman–Crippen LogP) is 1.81. The molecule has 2 nitrogen and oxygen atoms in total. The van der Waals surface area contributed by atoms with Crippen LogP contribution in [0, 0.1) is 0 Å². The first-order chi connectivity index (χ1) is 6.25. The van der Waals surface area contributed by atoms with Gasteiger partial charge in [-0.2, -0.15) is 13.2 Å². The summed E-state index contributed by atoms with van der Waals surface area (Å²) in [7, 11) is 0. The van der Waals surface area contributed by atoms with Gasteiger partial charge in [-0.05, 0) is 6.04 Å². The Morgan fingerprint density at radius 2 is 2.09 bits per heavy atom. The number of aromatic nitrogens is 1. The molecule has 0 aliphatic rings. The number of rotatable bonds is 0. The molecular formula is C6H4F3NO. The Bertz CT molecular complexity index is 380. The molecule has 0 unspecified atom stereocenters. The minimum atomic E-state index is -4.92. The van der Waals surface area contributed by atoms with E-state index in [0.29, 0.717) is 0 Å². The van der Waals surface area contributed by atoms with Crippen LogP contribution in [0.3, 0.4) is 0 Å². The van der Waals surface area contributed by atoms with Gasteiger partial charge in [0.2, 0.25) is 0 Å². The first-order valence-electron chi connectivity index (χ1n) is 3.99. The molecule has 1 aromatic rings.